The second kappa shape index (κ2) is 10.0. The Morgan fingerprint density at radius 2 is 2.08 bits per heavy atom. The number of methoxy groups -OCH3 is 2. The highest BCUT2D eigenvalue weighted by molar-refractivity contribution is 5.92. The molecule has 1 aliphatic heterocycles. The number of ether oxygens (including phenoxy) is 3. The van der Waals surface area contributed by atoms with Crippen LogP contribution < -0.4 is 19.7 Å². The average Bonchev–Trinajstić information content (AvgIpc) is 2.67. The number of nitrogens with one attached hydrogen (secondary N) is 2. The Kier molecular flexibility index (Phi) is 7.72. The molecule has 144 valence electrons. The van der Waals surface area contributed by atoms with E-state index in [4.69, 9.17) is 14.2 Å². The summed E-state index contributed by atoms with van der Waals surface area (Å²) in [5.41, 5.74) is 0.622. The van der Waals surface area contributed by atoms with Gasteiger partial charge < -0.3 is 24.4 Å². The summed E-state index contributed by atoms with van der Waals surface area (Å²) in [5.74, 6) is 0.993. The molecule has 7 nitrogen and oxygen atoms in total. The SMILES string of the molecule is CCOC(=O)[C@H]1CCC[NH+](CCC(=O)Nc2ccc(OC)cc2OC)C1. The summed E-state index contributed by atoms with van der Waals surface area (Å²) in [6, 6.07) is 5.27. The standard InChI is InChI=1S/C19H28N2O5/c1-4-26-19(23)14-6-5-10-21(13-14)11-9-18(22)20-16-8-7-15(24-2)12-17(16)25-3/h7-8,12,14H,4-6,9-11,13H2,1-3H3,(H,20,22)/p+1/t14-/m0/s1. The van der Waals surface area contributed by atoms with Crippen LogP contribution in [-0.4, -0.2) is 52.3 Å². The van der Waals surface area contributed by atoms with Crippen molar-refractivity contribution in [3.05, 3.63) is 18.2 Å². The molecule has 1 aliphatic rings. The summed E-state index contributed by atoms with van der Waals surface area (Å²) in [7, 11) is 3.13. The van der Waals surface area contributed by atoms with E-state index in [2.05, 4.69) is 5.32 Å². The number of hydrogen-bond acceptors (Lipinski definition) is 5. The van der Waals surface area contributed by atoms with E-state index in [-0.39, 0.29) is 17.8 Å². The third-order valence-electron chi connectivity index (χ3n) is 4.63. The maximum atomic E-state index is 12.3. The molecule has 1 heterocycles. The predicted molar refractivity (Wildman–Crippen MR) is 97.7 cm³/mol. The van der Waals surface area contributed by atoms with Crippen LogP contribution in [0.1, 0.15) is 26.2 Å². The maximum Gasteiger partial charge on any atom is 0.314 e. The van der Waals surface area contributed by atoms with Gasteiger partial charge in [-0.1, -0.05) is 0 Å². The molecule has 0 aliphatic carbocycles. The summed E-state index contributed by atoms with van der Waals surface area (Å²) in [6.45, 7) is 4.65. The van der Waals surface area contributed by atoms with E-state index in [0.717, 1.165) is 25.9 Å². The third kappa shape index (κ3) is 5.62. The van der Waals surface area contributed by atoms with E-state index in [1.807, 2.05) is 6.92 Å². The van der Waals surface area contributed by atoms with Crippen molar-refractivity contribution < 1.29 is 28.7 Å². The van der Waals surface area contributed by atoms with Gasteiger partial charge in [0.05, 0.1) is 52.6 Å². The van der Waals surface area contributed by atoms with Crippen molar-refractivity contribution in [2.24, 2.45) is 5.92 Å². The largest absolute Gasteiger partial charge is 0.497 e. The van der Waals surface area contributed by atoms with Crippen LogP contribution in [0.4, 0.5) is 5.69 Å². The molecule has 26 heavy (non-hydrogen) atoms. The fourth-order valence-corrected chi connectivity index (χ4v) is 3.24. The Hall–Kier alpha value is -2.28. The first-order valence-corrected chi connectivity index (χ1v) is 9.09. The molecule has 1 unspecified atom stereocenters. The van der Waals surface area contributed by atoms with E-state index in [1.54, 1.807) is 32.4 Å². The summed E-state index contributed by atoms with van der Waals surface area (Å²) in [5, 5.41) is 2.88. The number of benzene rings is 1. The molecule has 0 spiro atoms. The second-order valence-corrected chi connectivity index (χ2v) is 6.41. The summed E-state index contributed by atoms with van der Waals surface area (Å²) >= 11 is 0. The Balaban J connectivity index is 1.84. The van der Waals surface area contributed by atoms with Crippen molar-refractivity contribution in [1.82, 2.24) is 0 Å². The molecule has 1 fully saturated rings. The number of rotatable bonds is 8. The summed E-state index contributed by atoms with van der Waals surface area (Å²) < 4.78 is 15.6. The molecule has 0 aromatic heterocycles. The summed E-state index contributed by atoms with van der Waals surface area (Å²) in [6.07, 6.45) is 2.24. The lowest BCUT2D eigenvalue weighted by Crippen LogP contribution is -3.13. The molecule has 1 aromatic carbocycles. The first-order valence-electron chi connectivity index (χ1n) is 9.09. The highest BCUT2D eigenvalue weighted by atomic mass is 16.5. The van der Waals surface area contributed by atoms with Crippen molar-refractivity contribution in [3.8, 4) is 11.5 Å². The molecule has 2 atom stereocenters. The second-order valence-electron chi connectivity index (χ2n) is 6.41. The van der Waals surface area contributed by atoms with Gasteiger partial charge in [0.2, 0.25) is 5.91 Å². The molecule has 1 aromatic rings. The number of anilines is 1. The van der Waals surface area contributed by atoms with Crippen LogP contribution in [0, 0.1) is 5.92 Å². The van der Waals surface area contributed by atoms with Gasteiger partial charge in [0.1, 0.15) is 17.4 Å². The Bertz CT molecular complexity index is 620. The average molecular weight is 365 g/mol. The van der Waals surface area contributed by atoms with E-state index < -0.39 is 0 Å². The lowest BCUT2D eigenvalue weighted by molar-refractivity contribution is -0.906. The van der Waals surface area contributed by atoms with Crippen molar-refractivity contribution >= 4 is 17.6 Å². The number of hydrogen-bond donors (Lipinski definition) is 2. The lowest BCUT2D eigenvalue weighted by Gasteiger charge is -2.28. The van der Waals surface area contributed by atoms with Crippen LogP contribution in [0.25, 0.3) is 0 Å². The smallest absolute Gasteiger partial charge is 0.314 e. The molecule has 7 heteroatoms. The number of carbonyl (C=O) groups excluding carboxylic acids is 2. The minimum atomic E-state index is -0.114. The summed E-state index contributed by atoms with van der Waals surface area (Å²) in [4.78, 5) is 25.5. The molecular weight excluding hydrogens is 336 g/mol. The Morgan fingerprint density at radius 3 is 2.77 bits per heavy atom. The fourth-order valence-electron chi connectivity index (χ4n) is 3.24. The highest BCUT2D eigenvalue weighted by Crippen LogP contribution is 2.28. The molecule has 2 rings (SSSR count). The third-order valence-corrected chi connectivity index (χ3v) is 4.63. The molecule has 1 amide bonds. The minimum Gasteiger partial charge on any atom is -0.497 e. The monoisotopic (exact) mass is 365 g/mol. The van der Waals surface area contributed by atoms with Crippen LogP contribution in [0.5, 0.6) is 11.5 Å². The van der Waals surface area contributed by atoms with Gasteiger partial charge in [-0.05, 0) is 31.9 Å². The van der Waals surface area contributed by atoms with Gasteiger partial charge in [0, 0.05) is 6.07 Å². The van der Waals surface area contributed by atoms with E-state index in [9.17, 15) is 9.59 Å². The Labute approximate surface area is 154 Å². The number of likely N-dealkylation sites (tertiary alicyclic amines) is 1. The van der Waals surface area contributed by atoms with Crippen LogP contribution in [0.15, 0.2) is 18.2 Å². The maximum absolute atomic E-state index is 12.3. The first kappa shape index (κ1) is 20.0. The van der Waals surface area contributed by atoms with Crippen LogP contribution in [0.3, 0.4) is 0 Å². The van der Waals surface area contributed by atoms with E-state index in [1.165, 1.54) is 4.90 Å². The quantitative estimate of drug-likeness (QED) is 0.669. The molecular formula is C19H29N2O5+. The lowest BCUT2D eigenvalue weighted by atomic mass is 9.98. The van der Waals surface area contributed by atoms with Gasteiger partial charge >= 0.3 is 5.97 Å². The first-order chi connectivity index (χ1) is 12.6. The van der Waals surface area contributed by atoms with Gasteiger partial charge in [-0.25, -0.2) is 0 Å². The zero-order chi connectivity index (χ0) is 18.9. The van der Waals surface area contributed by atoms with Crippen molar-refractivity contribution in [2.45, 2.75) is 26.2 Å². The molecule has 0 saturated carbocycles. The van der Waals surface area contributed by atoms with Crippen LogP contribution in [0.2, 0.25) is 0 Å². The number of esters is 1. The minimum absolute atomic E-state index is 0.0524. The zero-order valence-corrected chi connectivity index (χ0v) is 15.8. The van der Waals surface area contributed by atoms with Crippen LogP contribution in [-0.2, 0) is 14.3 Å². The number of amides is 1. The molecule has 1 saturated heterocycles. The van der Waals surface area contributed by atoms with E-state index in [0.29, 0.717) is 36.8 Å². The number of quaternary nitrogens is 1. The molecule has 2 N–H and O–H groups in total. The van der Waals surface area contributed by atoms with Crippen molar-refractivity contribution in [1.29, 1.82) is 0 Å². The zero-order valence-electron chi connectivity index (χ0n) is 15.8. The highest BCUT2D eigenvalue weighted by Gasteiger charge is 2.29. The Morgan fingerprint density at radius 1 is 1.27 bits per heavy atom. The number of carbonyl (C=O) groups is 2. The predicted octanol–water partition coefficient (Wildman–Crippen LogP) is 0.890. The van der Waals surface area contributed by atoms with Crippen molar-refractivity contribution in [3.63, 3.8) is 0 Å². The van der Waals surface area contributed by atoms with Gasteiger partial charge in [-0.3, -0.25) is 9.59 Å². The van der Waals surface area contributed by atoms with Gasteiger partial charge in [0.25, 0.3) is 0 Å². The fraction of sp³-hybridized carbons (Fsp3) is 0.579. The topological polar surface area (TPSA) is 78.3 Å². The normalized spacial score (nSPS) is 19.5. The van der Waals surface area contributed by atoms with Gasteiger partial charge in [0.15, 0.2) is 0 Å². The van der Waals surface area contributed by atoms with Gasteiger partial charge in [-0.2, -0.15) is 0 Å². The van der Waals surface area contributed by atoms with Gasteiger partial charge in [-0.15, -0.1) is 0 Å². The van der Waals surface area contributed by atoms with E-state index >= 15 is 0 Å². The molecule has 0 bridgehead atoms. The number of piperidine rings is 1. The van der Waals surface area contributed by atoms with Crippen LogP contribution >= 0.6 is 0 Å². The molecule has 0 radical (unpaired) electrons. The van der Waals surface area contributed by atoms with Crippen molar-refractivity contribution in [2.75, 3.05) is 45.8 Å².